The average Bonchev–Trinajstić information content (AvgIpc) is 2.95. The van der Waals surface area contributed by atoms with Crippen LogP contribution in [0.4, 0.5) is 0 Å². The maximum Gasteiger partial charge on any atom is 0.336 e. The van der Waals surface area contributed by atoms with Crippen molar-refractivity contribution in [2.24, 2.45) is 0 Å². The van der Waals surface area contributed by atoms with Gasteiger partial charge in [-0.25, -0.2) is 4.79 Å². The number of hydrogen-bond acceptors (Lipinski definition) is 9. The van der Waals surface area contributed by atoms with E-state index in [1.54, 1.807) is 32.4 Å². The van der Waals surface area contributed by atoms with Crippen LogP contribution in [0.1, 0.15) is 69.9 Å². The Labute approximate surface area is 240 Å². The summed E-state index contributed by atoms with van der Waals surface area (Å²) < 4.78 is 27.6. The molecule has 0 spiro atoms. The summed E-state index contributed by atoms with van der Waals surface area (Å²) in [6.45, 7) is 7.49. The van der Waals surface area contributed by atoms with Gasteiger partial charge in [0.05, 0.1) is 33.0 Å². The van der Waals surface area contributed by atoms with Gasteiger partial charge in [-0.05, 0) is 68.0 Å². The molecule has 2 atom stereocenters. The highest BCUT2D eigenvalue weighted by Crippen LogP contribution is 2.47. The lowest BCUT2D eigenvalue weighted by molar-refractivity contribution is -0.139. The molecule has 0 aromatic heterocycles. The van der Waals surface area contributed by atoms with E-state index in [4.69, 9.17) is 23.7 Å². The molecule has 218 valence electrons. The van der Waals surface area contributed by atoms with Gasteiger partial charge in [-0.3, -0.25) is 9.59 Å². The lowest BCUT2D eigenvalue weighted by Gasteiger charge is -2.37. The fourth-order valence-electron chi connectivity index (χ4n) is 5.47. The Morgan fingerprint density at radius 3 is 2.27 bits per heavy atom. The van der Waals surface area contributed by atoms with Crippen LogP contribution in [0.2, 0.25) is 0 Å². The molecule has 0 bridgehead atoms. The number of allylic oxidation sites excluding steroid dienone is 3. The third-order valence-electron chi connectivity index (χ3n) is 7.22. The molecule has 0 radical (unpaired) electrons. The van der Waals surface area contributed by atoms with Gasteiger partial charge < -0.3 is 29.0 Å². The first kappa shape index (κ1) is 29.7. The molecule has 1 aliphatic heterocycles. The summed E-state index contributed by atoms with van der Waals surface area (Å²) in [7, 11) is 3.16. The minimum Gasteiger partial charge on any atom is -0.493 e. The molecule has 0 saturated carbocycles. The predicted octanol–water partition coefficient (Wildman–Crippen LogP) is 5.34. The van der Waals surface area contributed by atoms with E-state index in [-0.39, 0.29) is 30.5 Å². The van der Waals surface area contributed by atoms with Crippen molar-refractivity contribution < 1.29 is 38.1 Å². The Kier molecular flexibility index (Phi) is 9.37. The smallest absolute Gasteiger partial charge is 0.336 e. The number of dihydropyridines is 1. The van der Waals surface area contributed by atoms with Crippen LogP contribution in [-0.2, 0) is 19.1 Å². The second-order valence-corrected chi connectivity index (χ2v) is 10.0. The fraction of sp³-hybridized carbons (Fsp3) is 0.406. The van der Waals surface area contributed by atoms with Crippen molar-refractivity contribution in [3.05, 3.63) is 70.1 Å². The third kappa shape index (κ3) is 6.24. The first-order chi connectivity index (χ1) is 19.7. The molecule has 4 rings (SSSR count). The van der Waals surface area contributed by atoms with E-state index in [9.17, 15) is 14.4 Å². The molecule has 0 fully saturated rings. The summed E-state index contributed by atoms with van der Waals surface area (Å²) in [5.74, 6) is 0.0289. The number of benzene rings is 2. The summed E-state index contributed by atoms with van der Waals surface area (Å²) in [6, 6.07) is 10.8. The minimum absolute atomic E-state index is 0.0705. The van der Waals surface area contributed by atoms with Crippen LogP contribution in [0.5, 0.6) is 23.0 Å². The van der Waals surface area contributed by atoms with E-state index in [0.29, 0.717) is 59.1 Å². The Morgan fingerprint density at radius 2 is 1.61 bits per heavy atom. The van der Waals surface area contributed by atoms with Crippen LogP contribution in [0.25, 0.3) is 0 Å². The van der Waals surface area contributed by atoms with Crippen LogP contribution in [-0.4, -0.2) is 45.2 Å². The molecule has 0 amide bonds. The van der Waals surface area contributed by atoms with Crippen LogP contribution < -0.4 is 24.3 Å². The summed E-state index contributed by atoms with van der Waals surface area (Å²) in [5.41, 5.74) is 3.91. The van der Waals surface area contributed by atoms with Gasteiger partial charge in [0.2, 0.25) is 0 Å². The largest absolute Gasteiger partial charge is 0.493 e. The average molecular weight is 564 g/mol. The SMILES string of the molecule is CCCOC(=O)C1=C(C)NC2=C(C(=O)C[C@@H](c3ccc(OC)c(OC)c3)C2)[C@@H]1c1ccc(OC(C)=O)c(OCC)c1. The summed E-state index contributed by atoms with van der Waals surface area (Å²) >= 11 is 0. The van der Waals surface area contributed by atoms with Gasteiger partial charge in [-0.15, -0.1) is 0 Å². The molecule has 41 heavy (non-hydrogen) atoms. The fourth-order valence-corrected chi connectivity index (χ4v) is 5.47. The van der Waals surface area contributed by atoms with Crippen molar-refractivity contribution >= 4 is 17.7 Å². The number of nitrogens with one attached hydrogen (secondary N) is 1. The molecule has 1 aliphatic carbocycles. The van der Waals surface area contributed by atoms with Crippen LogP contribution in [0.15, 0.2) is 58.9 Å². The van der Waals surface area contributed by atoms with Crippen molar-refractivity contribution in [2.75, 3.05) is 27.4 Å². The van der Waals surface area contributed by atoms with Gasteiger partial charge in [0, 0.05) is 36.2 Å². The molecular formula is C32H37NO8. The molecule has 0 unspecified atom stereocenters. The first-order valence-electron chi connectivity index (χ1n) is 13.8. The van der Waals surface area contributed by atoms with Crippen molar-refractivity contribution in [3.63, 3.8) is 0 Å². The van der Waals surface area contributed by atoms with E-state index < -0.39 is 17.9 Å². The quantitative estimate of drug-likeness (QED) is 0.302. The normalized spacial score (nSPS) is 18.3. The number of ketones is 1. The Balaban J connectivity index is 1.81. The van der Waals surface area contributed by atoms with Crippen LogP contribution in [0.3, 0.4) is 0 Å². The zero-order valence-electron chi connectivity index (χ0n) is 24.4. The zero-order chi connectivity index (χ0) is 29.7. The van der Waals surface area contributed by atoms with E-state index in [1.165, 1.54) is 6.92 Å². The number of rotatable bonds is 10. The standard InChI is InChI=1S/C32H37NO8/c1-7-13-40-32(36)29-18(3)33-23-14-22(20-9-11-25(37-5)27(16-20)38-6)15-24(35)31(23)30(29)21-10-12-26(41-19(4)34)28(17-21)39-8-2/h9-12,16-17,22,30,33H,7-8,13-15H2,1-6H3/t22-,30+/m0/s1. The number of Topliss-reactive ketones (excluding diaryl/α,β-unsaturated/α-hetero) is 1. The lowest BCUT2D eigenvalue weighted by Crippen LogP contribution is -2.36. The van der Waals surface area contributed by atoms with Crippen molar-refractivity contribution in [3.8, 4) is 23.0 Å². The zero-order valence-corrected chi connectivity index (χ0v) is 24.4. The molecule has 0 saturated heterocycles. The number of methoxy groups -OCH3 is 2. The van der Waals surface area contributed by atoms with Gasteiger partial charge in [-0.2, -0.15) is 0 Å². The van der Waals surface area contributed by atoms with Gasteiger partial charge in [0.1, 0.15) is 0 Å². The molecule has 1 N–H and O–H groups in total. The van der Waals surface area contributed by atoms with Gasteiger partial charge in [-0.1, -0.05) is 19.1 Å². The second kappa shape index (κ2) is 12.9. The highest BCUT2D eigenvalue weighted by molar-refractivity contribution is 6.04. The summed E-state index contributed by atoms with van der Waals surface area (Å²) in [4.78, 5) is 39.0. The van der Waals surface area contributed by atoms with E-state index >= 15 is 0 Å². The predicted molar refractivity (Wildman–Crippen MR) is 152 cm³/mol. The highest BCUT2D eigenvalue weighted by Gasteiger charge is 2.42. The van der Waals surface area contributed by atoms with Crippen molar-refractivity contribution in [2.45, 2.75) is 58.8 Å². The van der Waals surface area contributed by atoms with E-state index in [1.807, 2.05) is 39.0 Å². The minimum atomic E-state index is -0.681. The molecule has 2 aromatic rings. The number of hydrogen-bond donors (Lipinski definition) is 1. The molecule has 1 heterocycles. The molecule has 2 aliphatic rings. The maximum atomic E-state index is 14.0. The van der Waals surface area contributed by atoms with Crippen LogP contribution in [0, 0.1) is 0 Å². The number of esters is 2. The lowest BCUT2D eigenvalue weighted by atomic mass is 9.71. The second-order valence-electron chi connectivity index (χ2n) is 10.0. The Morgan fingerprint density at radius 1 is 0.927 bits per heavy atom. The maximum absolute atomic E-state index is 14.0. The monoisotopic (exact) mass is 563 g/mol. The molecular weight excluding hydrogens is 526 g/mol. The first-order valence-corrected chi connectivity index (χ1v) is 13.8. The Hall–Kier alpha value is -4.27. The highest BCUT2D eigenvalue weighted by atomic mass is 16.6. The van der Waals surface area contributed by atoms with Gasteiger partial charge >= 0.3 is 11.9 Å². The van der Waals surface area contributed by atoms with Gasteiger partial charge in [0.15, 0.2) is 28.8 Å². The molecule has 9 heteroatoms. The number of carbonyl (C=O) groups excluding carboxylic acids is 3. The number of ether oxygens (including phenoxy) is 5. The summed E-state index contributed by atoms with van der Waals surface area (Å²) in [5, 5.41) is 3.37. The topological polar surface area (TPSA) is 109 Å². The number of carbonyl (C=O) groups is 3. The van der Waals surface area contributed by atoms with Crippen molar-refractivity contribution in [1.29, 1.82) is 0 Å². The summed E-state index contributed by atoms with van der Waals surface area (Å²) in [6.07, 6.45) is 1.49. The molecule has 2 aromatic carbocycles. The van der Waals surface area contributed by atoms with E-state index in [0.717, 1.165) is 11.3 Å². The third-order valence-corrected chi connectivity index (χ3v) is 7.22. The van der Waals surface area contributed by atoms with Crippen molar-refractivity contribution in [1.82, 2.24) is 5.32 Å². The van der Waals surface area contributed by atoms with Gasteiger partial charge in [0.25, 0.3) is 0 Å². The molecule has 9 nitrogen and oxygen atoms in total. The van der Waals surface area contributed by atoms with Crippen LogP contribution >= 0.6 is 0 Å². The Bertz CT molecular complexity index is 1410. The van der Waals surface area contributed by atoms with E-state index in [2.05, 4.69) is 5.32 Å².